The van der Waals surface area contributed by atoms with E-state index in [1.807, 2.05) is 54.3 Å². The number of hydrogen-bond acceptors (Lipinski definition) is 3. The molecule has 2 unspecified atom stereocenters. The Balaban J connectivity index is 1.62. The van der Waals surface area contributed by atoms with Crippen molar-refractivity contribution in [1.29, 1.82) is 0 Å². The maximum atomic E-state index is 13.7. The molecular weight excluding hydrogens is 336 g/mol. The number of carbonyl (C=O) groups excluding carboxylic acids is 1. The van der Waals surface area contributed by atoms with E-state index in [1.54, 1.807) is 0 Å². The van der Waals surface area contributed by atoms with Gasteiger partial charge in [-0.25, -0.2) is 0 Å². The second kappa shape index (κ2) is 7.01. The van der Waals surface area contributed by atoms with Gasteiger partial charge in [0.15, 0.2) is 0 Å². The van der Waals surface area contributed by atoms with Crippen molar-refractivity contribution in [1.82, 2.24) is 4.90 Å². The van der Waals surface area contributed by atoms with Gasteiger partial charge in [-0.2, -0.15) is 0 Å². The predicted octanol–water partition coefficient (Wildman–Crippen LogP) is 3.55. The van der Waals surface area contributed by atoms with Gasteiger partial charge >= 0.3 is 0 Å². The van der Waals surface area contributed by atoms with Crippen LogP contribution in [-0.4, -0.2) is 35.1 Å². The van der Waals surface area contributed by atoms with Crippen LogP contribution in [0.15, 0.2) is 54.6 Å². The summed E-state index contributed by atoms with van der Waals surface area (Å²) in [5.74, 6) is 0.977. The number of anilines is 1. The lowest BCUT2D eigenvalue weighted by Gasteiger charge is -2.35. The summed E-state index contributed by atoms with van der Waals surface area (Å²) in [6.07, 6.45) is 1.45. The monoisotopic (exact) mass is 364 g/mol. The van der Waals surface area contributed by atoms with Crippen molar-refractivity contribution in [3.05, 3.63) is 65.7 Å². The highest BCUT2D eigenvalue weighted by Gasteiger charge is 2.46. The van der Waals surface area contributed by atoms with E-state index < -0.39 is 5.54 Å². The summed E-state index contributed by atoms with van der Waals surface area (Å²) in [6.45, 7) is 5.54. The fourth-order valence-electron chi connectivity index (χ4n) is 4.70. The minimum absolute atomic E-state index is 0.109. The summed E-state index contributed by atoms with van der Waals surface area (Å²) in [4.78, 5) is 15.6. The smallest absolute Gasteiger partial charge is 0.252 e. The summed E-state index contributed by atoms with van der Waals surface area (Å²) in [5, 5.41) is 13.4. The van der Waals surface area contributed by atoms with E-state index in [0.29, 0.717) is 11.8 Å². The highest BCUT2D eigenvalue weighted by atomic mass is 16.3. The van der Waals surface area contributed by atoms with Crippen LogP contribution in [-0.2, 0) is 10.3 Å². The third kappa shape index (κ3) is 3.46. The summed E-state index contributed by atoms with van der Waals surface area (Å²) in [6, 6.07) is 18.1. The number of aryl methyl sites for hydroxylation is 1. The normalized spacial score (nSPS) is 26.5. The average molecular weight is 364 g/mol. The van der Waals surface area contributed by atoms with Gasteiger partial charge in [-0.15, -0.1) is 0 Å². The minimum atomic E-state index is -0.826. The van der Waals surface area contributed by atoms with E-state index in [9.17, 15) is 9.90 Å². The van der Waals surface area contributed by atoms with Crippen LogP contribution < -0.4 is 5.32 Å². The molecular formula is C23H28N2O2. The first-order valence-corrected chi connectivity index (χ1v) is 9.83. The van der Waals surface area contributed by atoms with Crippen molar-refractivity contribution in [2.45, 2.75) is 38.3 Å². The molecule has 2 fully saturated rings. The van der Waals surface area contributed by atoms with E-state index >= 15 is 0 Å². The molecule has 1 heterocycles. The zero-order chi connectivity index (χ0) is 19.0. The number of rotatable bonds is 4. The van der Waals surface area contributed by atoms with E-state index in [4.69, 9.17) is 0 Å². The molecule has 0 radical (unpaired) electrons. The predicted molar refractivity (Wildman–Crippen MR) is 107 cm³/mol. The molecule has 4 heteroatoms. The van der Waals surface area contributed by atoms with Crippen molar-refractivity contribution >= 4 is 11.6 Å². The highest BCUT2D eigenvalue weighted by molar-refractivity contribution is 5.90. The van der Waals surface area contributed by atoms with E-state index in [-0.39, 0.29) is 12.0 Å². The van der Waals surface area contributed by atoms with Crippen LogP contribution in [0.3, 0.4) is 0 Å². The molecule has 142 valence electrons. The minimum Gasteiger partial charge on any atom is -0.393 e. The zero-order valence-corrected chi connectivity index (χ0v) is 16.1. The maximum absolute atomic E-state index is 13.7. The van der Waals surface area contributed by atoms with Crippen molar-refractivity contribution in [3.63, 3.8) is 0 Å². The zero-order valence-electron chi connectivity index (χ0n) is 16.1. The van der Waals surface area contributed by atoms with Crippen LogP contribution in [0.2, 0.25) is 0 Å². The molecule has 1 saturated heterocycles. The van der Waals surface area contributed by atoms with Crippen molar-refractivity contribution < 1.29 is 9.90 Å². The quantitative estimate of drug-likeness (QED) is 0.872. The lowest BCUT2D eigenvalue weighted by Crippen LogP contribution is -2.49. The first kappa shape index (κ1) is 18.1. The molecule has 4 atom stereocenters. The Hall–Kier alpha value is -2.33. The van der Waals surface area contributed by atoms with Crippen molar-refractivity contribution in [2.75, 3.05) is 18.4 Å². The van der Waals surface area contributed by atoms with Crippen molar-refractivity contribution in [3.8, 4) is 0 Å². The van der Waals surface area contributed by atoms with Crippen LogP contribution >= 0.6 is 0 Å². The van der Waals surface area contributed by atoms with Gasteiger partial charge in [0.05, 0.1) is 6.10 Å². The number of fused-ring (bicyclic) bond motifs is 1. The number of nitrogens with one attached hydrogen (secondary N) is 1. The first-order valence-electron chi connectivity index (χ1n) is 9.83. The number of nitrogens with zero attached hydrogens (tertiary/aromatic N) is 1. The number of likely N-dealkylation sites (tertiary alicyclic amines) is 1. The van der Waals surface area contributed by atoms with E-state index in [2.05, 4.69) is 24.4 Å². The molecule has 1 amide bonds. The molecule has 2 N–H and O–H groups in total. The Morgan fingerprint density at radius 2 is 1.63 bits per heavy atom. The molecule has 27 heavy (non-hydrogen) atoms. The molecule has 1 saturated carbocycles. The summed E-state index contributed by atoms with van der Waals surface area (Å²) < 4.78 is 0. The Kier molecular flexibility index (Phi) is 4.68. The van der Waals surface area contributed by atoms with Crippen LogP contribution in [0, 0.1) is 18.8 Å². The lowest BCUT2D eigenvalue weighted by atomic mass is 9.89. The molecule has 2 aromatic rings. The van der Waals surface area contributed by atoms with Gasteiger partial charge in [-0.1, -0.05) is 48.0 Å². The van der Waals surface area contributed by atoms with Gasteiger partial charge in [0, 0.05) is 18.8 Å². The van der Waals surface area contributed by atoms with Gasteiger partial charge in [0.25, 0.3) is 5.91 Å². The summed E-state index contributed by atoms with van der Waals surface area (Å²) >= 11 is 0. The Morgan fingerprint density at radius 3 is 2.22 bits per heavy atom. The third-order valence-electron chi connectivity index (χ3n) is 6.24. The van der Waals surface area contributed by atoms with Gasteiger partial charge in [0.1, 0.15) is 5.54 Å². The Morgan fingerprint density at radius 1 is 1.04 bits per heavy atom. The second-order valence-corrected chi connectivity index (χ2v) is 8.34. The molecule has 0 aromatic heterocycles. The topological polar surface area (TPSA) is 52.6 Å². The number of aliphatic hydroxyl groups excluding tert-OH is 1. The van der Waals surface area contributed by atoms with Crippen LogP contribution in [0.25, 0.3) is 0 Å². The van der Waals surface area contributed by atoms with E-state index in [1.165, 1.54) is 5.56 Å². The summed E-state index contributed by atoms with van der Waals surface area (Å²) in [5.41, 5.74) is 2.27. The fourth-order valence-corrected chi connectivity index (χ4v) is 4.70. The largest absolute Gasteiger partial charge is 0.393 e. The van der Waals surface area contributed by atoms with Gasteiger partial charge in [-0.3, -0.25) is 4.79 Å². The van der Waals surface area contributed by atoms with Crippen LogP contribution in [0.1, 0.15) is 30.9 Å². The van der Waals surface area contributed by atoms with Gasteiger partial charge < -0.3 is 15.3 Å². The highest BCUT2D eigenvalue weighted by Crippen LogP contribution is 2.40. The molecule has 2 aliphatic rings. The number of hydrogen-bond donors (Lipinski definition) is 2. The number of amides is 1. The van der Waals surface area contributed by atoms with E-state index in [0.717, 1.165) is 37.2 Å². The third-order valence-corrected chi connectivity index (χ3v) is 6.24. The molecule has 4 nitrogen and oxygen atoms in total. The lowest BCUT2D eigenvalue weighted by molar-refractivity contribution is -0.135. The maximum Gasteiger partial charge on any atom is 0.252 e. The molecule has 1 aliphatic carbocycles. The number of carbonyl (C=O) groups is 1. The standard InChI is InChI=1S/C23H28N2O2/c1-16-8-10-20(11-9-16)24-23(2,19-6-4-3-5-7-19)22(27)25-14-17-12-21(26)13-18(17)15-25/h3-11,17-18,21,24,26H,12-15H2,1-2H3/t17-,18+,21?,23?. The molecule has 2 aromatic carbocycles. The molecule has 0 spiro atoms. The summed E-state index contributed by atoms with van der Waals surface area (Å²) in [7, 11) is 0. The Labute approximate surface area is 161 Å². The van der Waals surface area contributed by atoms with Gasteiger partial charge in [-0.05, 0) is 56.2 Å². The fraction of sp³-hybridized carbons (Fsp3) is 0.435. The average Bonchev–Trinajstić information content (AvgIpc) is 3.21. The van der Waals surface area contributed by atoms with Crippen LogP contribution in [0.4, 0.5) is 5.69 Å². The molecule has 1 aliphatic heterocycles. The second-order valence-electron chi connectivity index (χ2n) is 8.34. The van der Waals surface area contributed by atoms with Gasteiger partial charge in [0.2, 0.25) is 0 Å². The number of aliphatic hydroxyl groups is 1. The Bertz CT molecular complexity index is 791. The van der Waals surface area contributed by atoms with Crippen LogP contribution in [0.5, 0.6) is 0 Å². The molecule has 0 bridgehead atoms. The van der Waals surface area contributed by atoms with Crippen molar-refractivity contribution in [2.24, 2.45) is 11.8 Å². The first-order chi connectivity index (χ1) is 13.0. The number of benzene rings is 2. The molecule has 4 rings (SSSR count). The SMILES string of the molecule is Cc1ccc(NC(C)(C(=O)N2C[C@H]3CC(O)C[C@H]3C2)c2ccccc2)cc1.